The molecule has 2 rings (SSSR count). The summed E-state index contributed by atoms with van der Waals surface area (Å²) >= 11 is 1.41. The number of aliphatic hydroxyl groups excluding tert-OH is 1. The zero-order valence-corrected chi connectivity index (χ0v) is 14.6. The van der Waals surface area contributed by atoms with E-state index in [-0.39, 0.29) is 30.4 Å². The average Bonchev–Trinajstić information content (AvgIpc) is 3.09. The molecule has 2 N–H and O–H groups in total. The summed E-state index contributed by atoms with van der Waals surface area (Å²) in [6.07, 6.45) is -0.550. The molecule has 1 atom stereocenters. The Morgan fingerprint density at radius 1 is 1.38 bits per heavy atom. The molecule has 1 heterocycles. The maximum atomic E-state index is 13.4. The van der Waals surface area contributed by atoms with Gasteiger partial charge in [0.2, 0.25) is 10.0 Å². The number of sulfonamides is 1. The second-order valence-electron chi connectivity index (χ2n) is 4.75. The second-order valence-corrected chi connectivity index (χ2v) is 7.46. The molecule has 0 aliphatic rings. The van der Waals surface area contributed by atoms with Crippen LogP contribution in [0.1, 0.15) is 11.0 Å². The van der Waals surface area contributed by atoms with Gasteiger partial charge >= 0.3 is 0 Å². The predicted molar refractivity (Wildman–Crippen MR) is 88.2 cm³/mol. The molecule has 0 bridgehead atoms. The van der Waals surface area contributed by atoms with Crippen LogP contribution in [-0.2, 0) is 14.8 Å². The molecule has 0 amide bonds. The number of halogens is 1. The molecule has 0 spiro atoms. The van der Waals surface area contributed by atoms with E-state index in [1.54, 1.807) is 0 Å². The fourth-order valence-electron chi connectivity index (χ4n) is 2.03. The Labute approximate surface area is 143 Å². The molecule has 0 saturated carbocycles. The lowest BCUT2D eigenvalue weighted by Crippen LogP contribution is -2.30. The molecular weight excluding hydrogens is 357 g/mol. The lowest BCUT2D eigenvalue weighted by atomic mass is 10.3. The van der Waals surface area contributed by atoms with Crippen molar-refractivity contribution >= 4 is 21.4 Å². The number of aliphatic hydroxyl groups is 1. The van der Waals surface area contributed by atoms with E-state index >= 15 is 0 Å². The van der Waals surface area contributed by atoms with Gasteiger partial charge in [0.05, 0.1) is 20.3 Å². The van der Waals surface area contributed by atoms with E-state index in [0.29, 0.717) is 0 Å². The van der Waals surface area contributed by atoms with Gasteiger partial charge in [0, 0.05) is 11.4 Å². The number of nitrogens with one attached hydrogen (secondary N) is 1. The summed E-state index contributed by atoms with van der Waals surface area (Å²) in [6.45, 7) is -0.150. The minimum Gasteiger partial charge on any atom is -0.495 e. The predicted octanol–water partition coefficient (Wildman–Crippen LogP) is 1.92. The molecule has 0 aliphatic carbocycles. The number of benzene rings is 1. The fourth-order valence-corrected chi connectivity index (χ4v) is 4.02. The molecule has 0 saturated heterocycles. The van der Waals surface area contributed by atoms with Gasteiger partial charge in [0.25, 0.3) is 0 Å². The second kappa shape index (κ2) is 8.54. The first-order valence-electron chi connectivity index (χ1n) is 7.07. The smallest absolute Gasteiger partial charge is 0.244 e. The number of rotatable bonds is 9. The fraction of sp³-hybridized carbons (Fsp3) is 0.333. The van der Waals surface area contributed by atoms with Crippen LogP contribution in [0.4, 0.5) is 4.39 Å². The SMILES string of the molecule is COc1ccc(F)cc1S(=O)(=O)NC[C@H](OCCO)c1cccs1. The van der Waals surface area contributed by atoms with Crippen molar-refractivity contribution in [2.45, 2.75) is 11.0 Å². The third-order valence-corrected chi connectivity index (χ3v) is 5.55. The first kappa shape index (κ1) is 18.8. The summed E-state index contributed by atoms with van der Waals surface area (Å²) in [6, 6.07) is 6.90. The van der Waals surface area contributed by atoms with Gasteiger partial charge < -0.3 is 14.6 Å². The maximum Gasteiger partial charge on any atom is 0.244 e. The van der Waals surface area contributed by atoms with Crippen LogP contribution in [0.3, 0.4) is 0 Å². The molecule has 6 nitrogen and oxygen atoms in total. The first-order chi connectivity index (χ1) is 11.5. The Hall–Kier alpha value is -1.52. The van der Waals surface area contributed by atoms with Crippen LogP contribution < -0.4 is 9.46 Å². The molecule has 0 aliphatic heterocycles. The van der Waals surface area contributed by atoms with Gasteiger partial charge in [-0.25, -0.2) is 17.5 Å². The van der Waals surface area contributed by atoms with Gasteiger partial charge in [0.1, 0.15) is 22.6 Å². The molecule has 9 heteroatoms. The van der Waals surface area contributed by atoms with Crippen molar-refractivity contribution in [3.05, 3.63) is 46.4 Å². The largest absolute Gasteiger partial charge is 0.495 e. The van der Waals surface area contributed by atoms with E-state index in [9.17, 15) is 12.8 Å². The Morgan fingerprint density at radius 2 is 2.17 bits per heavy atom. The summed E-state index contributed by atoms with van der Waals surface area (Å²) in [5, 5.41) is 10.7. The Bertz CT molecular complexity index is 749. The van der Waals surface area contributed by atoms with Gasteiger partial charge in [-0.2, -0.15) is 0 Å². The van der Waals surface area contributed by atoms with Crippen molar-refractivity contribution in [3.8, 4) is 5.75 Å². The quantitative estimate of drug-likeness (QED) is 0.700. The molecule has 0 radical (unpaired) electrons. The van der Waals surface area contributed by atoms with Crippen LogP contribution >= 0.6 is 11.3 Å². The van der Waals surface area contributed by atoms with Crippen molar-refractivity contribution in [3.63, 3.8) is 0 Å². The van der Waals surface area contributed by atoms with Crippen molar-refractivity contribution in [2.75, 3.05) is 26.9 Å². The lowest BCUT2D eigenvalue weighted by molar-refractivity contribution is 0.0328. The maximum absolute atomic E-state index is 13.4. The highest BCUT2D eigenvalue weighted by Crippen LogP contribution is 2.26. The monoisotopic (exact) mass is 375 g/mol. The number of ether oxygens (including phenoxy) is 2. The van der Waals surface area contributed by atoms with Crippen LogP contribution in [0.25, 0.3) is 0 Å². The van der Waals surface area contributed by atoms with Crippen LogP contribution in [0.2, 0.25) is 0 Å². The molecule has 0 fully saturated rings. The van der Waals surface area contributed by atoms with Crippen molar-refractivity contribution in [1.29, 1.82) is 0 Å². The third-order valence-electron chi connectivity index (χ3n) is 3.14. The summed E-state index contributed by atoms with van der Waals surface area (Å²) in [7, 11) is -2.68. The average molecular weight is 375 g/mol. The number of hydrogen-bond acceptors (Lipinski definition) is 6. The Morgan fingerprint density at radius 3 is 2.79 bits per heavy atom. The summed E-state index contributed by atoms with van der Waals surface area (Å²) in [5.74, 6) is -0.629. The van der Waals surface area contributed by atoms with Crippen molar-refractivity contribution < 1.29 is 27.4 Å². The summed E-state index contributed by atoms with van der Waals surface area (Å²) in [5.41, 5.74) is 0. The van der Waals surface area contributed by atoms with Crippen LogP contribution in [0.5, 0.6) is 5.75 Å². The summed E-state index contributed by atoms with van der Waals surface area (Å²) < 4.78 is 51.2. The molecule has 1 aromatic heterocycles. The highest BCUT2D eigenvalue weighted by Gasteiger charge is 2.23. The highest BCUT2D eigenvalue weighted by molar-refractivity contribution is 7.89. The normalized spacial score (nSPS) is 13.0. The topological polar surface area (TPSA) is 84.9 Å². The van der Waals surface area contributed by atoms with Gasteiger partial charge in [-0.05, 0) is 29.6 Å². The molecule has 1 aromatic carbocycles. The first-order valence-corrected chi connectivity index (χ1v) is 9.43. The van der Waals surface area contributed by atoms with Crippen LogP contribution in [-0.4, -0.2) is 40.4 Å². The van der Waals surface area contributed by atoms with Crippen LogP contribution in [0, 0.1) is 5.82 Å². The molecule has 0 unspecified atom stereocenters. The molecule has 24 heavy (non-hydrogen) atoms. The highest BCUT2D eigenvalue weighted by atomic mass is 32.2. The Kier molecular flexibility index (Phi) is 6.69. The van der Waals surface area contributed by atoms with E-state index in [1.165, 1.54) is 24.5 Å². The van der Waals surface area contributed by atoms with E-state index in [4.69, 9.17) is 14.6 Å². The van der Waals surface area contributed by atoms with Crippen LogP contribution in [0.15, 0.2) is 40.6 Å². The third kappa shape index (κ3) is 4.74. The zero-order chi connectivity index (χ0) is 17.6. The number of thiophene rings is 1. The minimum absolute atomic E-state index is 0.0489. The molecular formula is C15H18FNO5S2. The standard InChI is InChI=1S/C15H18FNO5S2/c1-21-12-5-4-11(16)9-15(12)24(19,20)17-10-13(22-7-6-18)14-3-2-8-23-14/h2-5,8-9,13,17-18H,6-7,10H2,1H3/t13-/m0/s1. The molecule has 132 valence electrons. The minimum atomic E-state index is -3.99. The van der Waals surface area contributed by atoms with Crippen molar-refractivity contribution in [2.24, 2.45) is 0 Å². The van der Waals surface area contributed by atoms with Gasteiger partial charge in [-0.1, -0.05) is 6.07 Å². The van der Waals surface area contributed by atoms with E-state index < -0.39 is 21.9 Å². The van der Waals surface area contributed by atoms with E-state index in [2.05, 4.69) is 4.72 Å². The van der Waals surface area contributed by atoms with Gasteiger partial charge in [-0.3, -0.25) is 0 Å². The summed E-state index contributed by atoms with van der Waals surface area (Å²) in [4.78, 5) is 0.537. The number of hydrogen-bond donors (Lipinski definition) is 2. The van der Waals surface area contributed by atoms with Gasteiger partial charge in [-0.15, -0.1) is 11.3 Å². The Balaban J connectivity index is 2.17. The van der Waals surface area contributed by atoms with Gasteiger partial charge in [0.15, 0.2) is 0 Å². The van der Waals surface area contributed by atoms with E-state index in [0.717, 1.165) is 17.0 Å². The lowest BCUT2D eigenvalue weighted by Gasteiger charge is -2.17. The molecule has 2 aromatic rings. The van der Waals surface area contributed by atoms with Crippen molar-refractivity contribution in [1.82, 2.24) is 4.72 Å². The van der Waals surface area contributed by atoms with E-state index in [1.807, 2.05) is 17.5 Å². The zero-order valence-electron chi connectivity index (χ0n) is 12.9. The number of methoxy groups -OCH3 is 1.